The SMILES string of the molecule is Cc1sc[n+](CC(=O)c2ccc(Br)cc2)c1C.[Br-]. The molecule has 0 radical (unpaired) electrons. The van der Waals surface area contributed by atoms with Gasteiger partial charge in [0, 0.05) is 17.0 Å². The number of benzene rings is 1. The second-order valence-corrected chi connectivity index (χ2v) is 5.90. The second-order valence-electron chi connectivity index (χ2n) is 3.92. The Kier molecular flexibility index (Phi) is 5.69. The van der Waals surface area contributed by atoms with Crippen LogP contribution in [0.25, 0.3) is 0 Å². The number of hydrogen-bond donors (Lipinski definition) is 0. The molecular weight excluding hydrogens is 378 g/mol. The first-order valence-electron chi connectivity index (χ1n) is 5.31. The lowest BCUT2D eigenvalue weighted by molar-refractivity contribution is -0.684. The molecule has 0 amide bonds. The van der Waals surface area contributed by atoms with E-state index in [-0.39, 0.29) is 22.8 Å². The van der Waals surface area contributed by atoms with Gasteiger partial charge in [-0.15, -0.1) is 0 Å². The highest BCUT2D eigenvalue weighted by Gasteiger charge is 2.17. The maximum Gasteiger partial charge on any atom is 0.227 e. The molecule has 0 spiro atoms. The van der Waals surface area contributed by atoms with Gasteiger partial charge in [-0.2, -0.15) is 4.57 Å². The molecule has 96 valence electrons. The third kappa shape index (κ3) is 3.49. The van der Waals surface area contributed by atoms with Gasteiger partial charge < -0.3 is 17.0 Å². The number of carbonyl (C=O) groups excluding carboxylic acids is 1. The van der Waals surface area contributed by atoms with Crippen LogP contribution in [0.3, 0.4) is 0 Å². The van der Waals surface area contributed by atoms with Crippen molar-refractivity contribution < 1.29 is 26.3 Å². The highest BCUT2D eigenvalue weighted by atomic mass is 79.9. The summed E-state index contributed by atoms with van der Waals surface area (Å²) in [6.07, 6.45) is 0. The average molecular weight is 391 g/mol. The van der Waals surface area contributed by atoms with Crippen LogP contribution in [0.2, 0.25) is 0 Å². The normalized spacial score (nSPS) is 9.94. The smallest absolute Gasteiger partial charge is 0.227 e. The van der Waals surface area contributed by atoms with Crippen molar-refractivity contribution in [1.29, 1.82) is 0 Å². The van der Waals surface area contributed by atoms with Crippen molar-refractivity contribution in [2.45, 2.75) is 20.4 Å². The highest BCUT2D eigenvalue weighted by Crippen LogP contribution is 2.12. The molecule has 1 aromatic heterocycles. The minimum Gasteiger partial charge on any atom is -1.00 e. The summed E-state index contributed by atoms with van der Waals surface area (Å²) in [7, 11) is 0. The number of nitrogens with zero attached hydrogens (tertiary/aromatic N) is 1. The van der Waals surface area contributed by atoms with Gasteiger partial charge in [-0.1, -0.05) is 39.4 Å². The number of rotatable bonds is 3. The summed E-state index contributed by atoms with van der Waals surface area (Å²) in [5.74, 6) is 0.142. The first kappa shape index (κ1) is 15.5. The molecule has 0 N–H and O–H groups in total. The molecular formula is C13H13Br2NOS. The van der Waals surface area contributed by atoms with E-state index in [1.807, 2.05) is 41.3 Å². The number of aromatic nitrogens is 1. The van der Waals surface area contributed by atoms with Gasteiger partial charge in [0.25, 0.3) is 0 Å². The standard InChI is InChI=1S/C13H13BrNOS.BrH/c1-9-10(2)17-8-15(9)7-13(16)11-3-5-12(14)6-4-11;/h3-6,8H,7H2,1-2H3;1H/q+1;/p-1. The van der Waals surface area contributed by atoms with E-state index in [4.69, 9.17) is 0 Å². The molecule has 18 heavy (non-hydrogen) atoms. The van der Waals surface area contributed by atoms with Gasteiger partial charge in [-0.25, -0.2) is 0 Å². The number of ketones is 1. The summed E-state index contributed by atoms with van der Waals surface area (Å²) >= 11 is 5.04. The predicted molar refractivity (Wildman–Crippen MR) is 72.5 cm³/mol. The van der Waals surface area contributed by atoms with Crippen LogP contribution < -0.4 is 21.5 Å². The van der Waals surface area contributed by atoms with Crippen molar-refractivity contribution in [2.75, 3.05) is 0 Å². The molecule has 5 heteroatoms. The van der Waals surface area contributed by atoms with Gasteiger partial charge in [0.05, 0.1) is 4.88 Å². The van der Waals surface area contributed by atoms with Crippen LogP contribution in [0.5, 0.6) is 0 Å². The summed E-state index contributed by atoms with van der Waals surface area (Å²) < 4.78 is 2.99. The third-order valence-electron chi connectivity index (χ3n) is 2.78. The molecule has 0 fully saturated rings. The van der Waals surface area contributed by atoms with E-state index in [1.54, 1.807) is 11.3 Å². The molecule has 0 atom stereocenters. The molecule has 2 aromatic rings. The fourth-order valence-corrected chi connectivity index (χ4v) is 2.62. The van der Waals surface area contributed by atoms with E-state index >= 15 is 0 Å². The Morgan fingerprint density at radius 3 is 2.39 bits per heavy atom. The lowest BCUT2D eigenvalue weighted by Gasteiger charge is -1.98. The number of thiazole rings is 1. The van der Waals surface area contributed by atoms with Crippen molar-refractivity contribution in [3.8, 4) is 0 Å². The minimum atomic E-state index is 0. The zero-order chi connectivity index (χ0) is 12.4. The largest absolute Gasteiger partial charge is 1.00 e. The molecule has 0 aliphatic rings. The van der Waals surface area contributed by atoms with Crippen LogP contribution in [0.15, 0.2) is 34.2 Å². The Morgan fingerprint density at radius 1 is 1.28 bits per heavy atom. The Hall–Kier alpha value is -0.520. The van der Waals surface area contributed by atoms with Crippen LogP contribution in [0.4, 0.5) is 0 Å². The molecule has 0 saturated heterocycles. The first-order valence-corrected chi connectivity index (χ1v) is 6.98. The zero-order valence-corrected chi connectivity index (χ0v) is 14.1. The number of Topliss-reactive ketones (excluding diaryl/α,β-unsaturated/α-hetero) is 1. The number of halogens is 2. The molecule has 0 aliphatic carbocycles. The molecule has 0 bridgehead atoms. The van der Waals surface area contributed by atoms with Crippen molar-refractivity contribution in [2.24, 2.45) is 0 Å². The first-order chi connectivity index (χ1) is 8.08. The lowest BCUT2D eigenvalue weighted by atomic mass is 10.1. The van der Waals surface area contributed by atoms with Crippen molar-refractivity contribution in [3.05, 3.63) is 50.4 Å². The van der Waals surface area contributed by atoms with Crippen LogP contribution in [0.1, 0.15) is 20.9 Å². The topological polar surface area (TPSA) is 20.9 Å². The molecule has 0 aliphatic heterocycles. The fourth-order valence-electron chi connectivity index (χ4n) is 1.55. The maximum atomic E-state index is 12.1. The highest BCUT2D eigenvalue weighted by molar-refractivity contribution is 9.10. The van der Waals surface area contributed by atoms with E-state index in [0.29, 0.717) is 6.54 Å². The van der Waals surface area contributed by atoms with E-state index in [9.17, 15) is 4.79 Å². The minimum absolute atomic E-state index is 0. The summed E-state index contributed by atoms with van der Waals surface area (Å²) in [4.78, 5) is 13.3. The monoisotopic (exact) mass is 389 g/mol. The summed E-state index contributed by atoms with van der Waals surface area (Å²) in [6, 6.07) is 7.48. The lowest BCUT2D eigenvalue weighted by Crippen LogP contribution is -3.00. The van der Waals surface area contributed by atoms with Gasteiger partial charge in [-0.3, -0.25) is 4.79 Å². The van der Waals surface area contributed by atoms with E-state index in [2.05, 4.69) is 22.9 Å². The molecule has 0 saturated carbocycles. The van der Waals surface area contributed by atoms with Crippen LogP contribution in [0, 0.1) is 13.8 Å². The van der Waals surface area contributed by atoms with E-state index in [0.717, 1.165) is 10.0 Å². The average Bonchev–Trinajstić information content (AvgIpc) is 2.62. The predicted octanol–water partition coefficient (Wildman–Crippen LogP) is 0.302. The molecule has 2 rings (SSSR count). The summed E-state index contributed by atoms with van der Waals surface area (Å²) in [5, 5.41) is 0. The van der Waals surface area contributed by atoms with Gasteiger partial charge in [0.1, 0.15) is 0 Å². The summed E-state index contributed by atoms with van der Waals surface area (Å²) in [6.45, 7) is 4.53. The van der Waals surface area contributed by atoms with Gasteiger partial charge in [0.15, 0.2) is 5.69 Å². The molecule has 0 unspecified atom stereocenters. The van der Waals surface area contributed by atoms with Crippen molar-refractivity contribution >= 4 is 33.0 Å². The zero-order valence-electron chi connectivity index (χ0n) is 10.1. The Morgan fingerprint density at radius 2 is 1.89 bits per heavy atom. The molecule has 1 heterocycles. The fraction of sp³-hybridized carbons (Fsp3) is 0.231. The number of carbonyl (C=O) groups is 1. The number of aryl methyl sites for hydroxylation is 1. The van der Waals surface area contributed by atoms with Crippen LogP contribution >= 0.6 is 27.3 Å². The van der Waals surface area contributed by atoms with Crippen molar-refractivity contribution in [3.63, 3.8) is 0 Å². The van der Waals surface area contributed by atoms with Crippen LogP contribution in [-0.2, 0) is 6.54 Å². The molecule has 2 nitrogen and oxygen atoms in total. The summed E-state index contributed by atoms with van der Waals surface area (Å²) in [5.41, 5.74) is 3.92. The maximum absolute atomic E-state index is 12.1. The van der Waals surface area contributed by atoms with Gasteiger partial charge in [0.2, 0.25) is 17.8 Å². The van der Waals surface area contributed by atoms with E-state index in [1.165, 1.54) is 10.6 Å². The van der Waals surface area contributed by atoms with E-state index < -0.39 is 0 Å². The second kappa shape index (κ2) is 6.59. The quantitative estimate of drug-likeness (QED) is 0.545. The van der Waals surface area contributed by atoms with Gasteiger partial charge >= 0.3 is 0 Å². The Labute approximate surface area is 130 Å². The Balaban J connectivity index is 0.00000162. The van der Waals surface area contributed by atoms with Gasteiger partial charge in [-0.05, 0) is 19.1 Å². The third-order valence-corrected chi connectivity index (χ3v) is 4.31. The number of hydrogen-bond acceptors (Lipinski definition) is 2. The Bertz CT molecular complexity index is 549. The molecule has 1 aromatic carbocycles. The van der Waals surface area contributed by atoms with Crippen molar-refractivity contribution in [1.82, 2.24) is 0 Å². The van der Waals surface area contributed by atoms with Crippen LogP contribution in [-0.4, -0.2) is 5.78 Å².